The lowest BCUT2D eigenvalue weighted by Crippen LogP contribution is -2.36. The summed E-state index contributed by atoms with van der Waals surface area (Å²) in [4.78, 5) is 25.8. The monoisotopic (exact) mass is 361 g/mol. The number of amides is 1. The molecule has 0 N–H and O–H groups in total. The van der Waals surface area contributed by atoms with Crippen molar-refractivity contribution in [2.45, 2.75) is 59.1 Å². The Morgan fingerprint density at radius 1 is 1.19 bits per heavy atom. The fraction of sp³-hybridized carbons (Fsp3) is 0.524. The van der Waals surface area contributed by atoms with Gasteiger partial charge in [0.2, 0.25) is 0 Å². The third-order valence-corrected chi connectivity index (χ3v) is 3.75. The zero-order valence-electron chi connectivity index (χ0n) is 16.7. The number of hydrogen-bond acceptors (Lipinski definition) is 4. The molecule has 0 spiro atoms. The average molecular weight is 361 g/mol. The van der Waals surface area contributed by atoms with Crippen LogP contribution >= 0.6 is 0 Å². The molecule has 0 radical (unpaired) electrons. The van der Waals surface area contributed by atoms with E-state index in [1.807, 2.05) is 45.0 Å². The smallest absolute Gasteiger partial charge is 0.410 e. The maximum absolute atomic E-state index is 12.5. The quantitative estimate of drug-likeness (QED) is 0.508. The molecule has 0 saturated carbocycles. The molecule has 1 aromatic rings. The summed E-state index contributed by atoms with van der Waals surface area (Å²) < 4.78 is 10.5. The predicted octanol–water partition coefficient (Wildman–Crippen LogP) is 4.97. The third kappa shape index (κ3) is 6.90. The first-order valence-corrected chi connectivity index (χ1v) is 9.09. The molecule has 1 aromatic carbocycles. The van der Waals surface area contributed by atoms with Crippen molar-refractivity contribution < 1.29 is 19.1 Å². The van der Waals surface area contributed by atoms with Gasteiger partial charge in [0.05, 0.1) is 12.6 Å². The van der Waals surface area contributed by atoms with Gasteiger partial charge < -0.3 is 14.4 Å². The molecular weight excluding hydrogens is 330 g/mol. The van der Waals surface area contributed by atoms with Crippen molar-refractivity contribution in [2.24, 2.45) is 0 Å². The zero-order valence-corrected chi connectivity index (χ0v) is 16.7. The molecule has 0 fully saturated rings. The zero-order chi connectivity index (χ0) is 19.7. The second-order valence-corrected chi connectivity index (χ2v) is 7.11. The van der Waals surface area contributed by atoms with E-state index in [0.717, 1.165) is 24.0 Å². The van der Waals surface area contributed by atoms with Gasteiger partial charge in [0.1, 0.15) is 5.60 Å². The number of esters is 1. The Hall–Kier alpha value is -2.30. The Kier molecular flexibility index (Phi) is 8.36. The molecule has 0 aliphatic carbocycles. The van der Waals surface area contributed by atoms with Crippen molar-refractivity contribution in [1.29, 1.82) is 0 Å². The van der Waals surface area contributed by atoms with E-state index < -0.39 is 5.60 Å². The van der Waals surface area contributed by atoms with Gasteiger partial charge in [0.25, 0.3) is 0 Å². The normalized spacial score (nSPS) is 12.7. The molecule has 0 saturated heterocycles. The van der Waals surface area contributed by atoms with Crippen LogP contribution in [0, 0.1) is 0 Å². The highest BCUT2D eigenvalue weighted by atomic mass is 16.6. The van der Waals surface area contributed by atoms with E-state index in [0.29, 0.717) is 6.61 Å². The fourth-order valence-corrected chi connectivity index (χ4v) is 2.61. The van der Waals surface area contributed by atoms with E-state index in [9.17, 15) is 9.59 Å². The average Bonchev–Trinajstić information content (AvgIpc) is 2.56. The molecule has 0 aromatic heterocycles. The van der Waals surface area contributed by atoms with Crippen LogP contribution in [-0.4, -0.2) is 36.2 Å². The van der Waals surface area contributed by atoms with Crippen LogP contribution in [0.25, 0.3) is 6.08 Å². The Morgan fingerprint density at radius 2 is 1.85 bits per heavy atom. The van der Waals surface area contributed by atoms with Crippen molar-refractivity contribution in [2.75, 3.05) is 13.7 Å². The summed E-state index contributed by atoms with van der Waals surface area (Å²) >= 11 is 0. The minimum Gasteiger partial charge on any atom is -0.463 e. The van der Waals surface area contributed by atoms with Crippen LogP contribution in [0.1, 0.15) is 64.6 Å². The van der Waals surface area contributed by atoms with Crippen LogP contribution in [0.2, 0.25) is 0 Å². The maximum atomic E-state index is 12.5. The molecule has 0 aliphatic heterocycles. The van der Waals surface area contributed by atoms with Gasteiger partial charge in [-0.15, -0.1) is 0 Å². The van der Waals surface area contributed by atoms with Crippen LogP contribution in [0.4, 0.5) is 4.79 Å². The summed E-state index contributed by atoms with van der Waals surface area (Å²) in [6.07, 6.45) is 4.49. The first-order chi connectivity index (χ1) is 12.2. The lowest BCUT2D eigenvalue weighted by molar-refractivity contribution is -0.137. The fourth-order valence-electron chi connectivity index (χ4n) is 2.61. The van der Waals surface area contributed by atoms with Crippen LogP contribution in [-0.2, 0) is 14.3 Å². The Morgan fingerprint density at radius 3 is 2.42 bits per heavy atom. The van der Waals surface area contributed by atoms with E-state index >= 15 is 0 Å². The number of rotatable bonds is 7. The SMILES string of the molecule is CCCC(c1ccccc1C=CC(=O)OCC)N(C)C(=O)OC(C)(C)C. The number of hydrogen-bond donors (Lipinski definition) is 0. The van der Waals surface area contributed by atoms with Gasteiger partial charge in [0, 0.05) is 13.1 Å². The topological polar surface area (TPSA) is 55.8 Å². The Balaban J connectivity index is 3.13. The lowest BCUT2D eigenvalue weighted by Gasteiger charge is -2.31. The van der Waals surface area contributed by atoms with Gasteiger partial charge in [-0.2, -0.15) is 0 Å². The minimum absolute atomic E-state index is 0.141. The lowest BCUT2D eigenvalue weighted by atomic mass is 9.95. The predicted molar refractivity (Wildman–Crippen MR) is 104 cm³/mol. The van der Waals surface area contributed by atoms with E-state index in [1.54, 1.807) is 24.9 Å². The molecule has 5 nitrogen and oxygen atoms in total. The molecule has 26 heavy (non-hydrogen) atoms. The van der Waals surface area contributed by atoms with Crippen molar-refractivity contribution in [3.05, 3.63) is 41.5 Å². The molecule has 1 unspecified atom stereocenters. The van der Waals surface area contributed by atoms with Crippen molar-refractivity contribution in [1.82, 2.24) is 4.90 Å². The molecular formula is C21H31NO4. The summed E-state index contributed by atoms with van der Waals surface area (Å²) in [6.45, 7) is 9.74. The molecule has 0 bridgehead atoms. The highest BCUT2D eigenvalue weighted by Gasteiger charge is 2.27. The molecule has 0 aliphatic rings. The van der Waals surface area contributed by atoms with Gasteiger partial charge in [-0.1, -0.05) is 37.6 Å². The van der Waals surface area contributed by atoms with Crippen LogP contribution < -0.4 is 0 Å². The van der Waals surface area contributed by atoms with Gasteiger partial charge in [0.15, 0.2) is 0 Å². The number of ether oxygens (including phenoxy) is 2. The van der Waals surface area contributed by atoms with E-state index in [-0.39, 0.29) is 18.1 Å². The molecule has 1 atom stereocenters. The molecule has 144 valence electrons. The van der Waals surface area contributed by atoms with Crippen LogP contribution in [0.15, 0.2) is 30.3 Å². The number of carbonyl (C=O) groups excluding carboxylic acids is 2. The second-order valence-electron chi connectivity index (χ2n) is 7.11. The van der Waals surface area contributed by atoms with Crippen LogP contribution in [0.5, 0.6) is 0 Å². The van der Waals surface area contributed by atoms with Gasteiger partial charge >= 0.3 is 12.1 Å². The second kappa shape index (κ2) is 10.00. The highest BCUT2D eigenvalue weighted by Crippen LogP contribution is 2.29. The largest absolute Gasteiger partial charge is 0.463 e. The number of carbonyl (C=O) groups is 2. The third-order valence-electron chi connectivity index (χ3n) is 3.75. The van der Waals surface area contributed by atoms with E-state index in [1.165, 1.54) is 6.08 Å². The van der Waals surface area contributed by atoms with E-state index in [2.05, 4.69) is 6.92 Å². The van der Waals surface area contributed by atoms with Crippen molar-refractivity contribution in [3.8, 4) is 0 Å². The van der Waals surface area contributed by atoms with Gasteiger partial charge in [-0.05, 0) is 51.3 Å². The van der Waals surface area contributed by atoms with Gasteiger partial charge in [-0.3, -0.25) is 0 Å². The summed E-state index contributed by atoms with van der Waals surface area (Å²) in [5.41, 5.74) is 1.31. The molecule has 0 heterocycles. The number of benzene rings is 1. The number of nitrogens with zero attached hydrogens (tertiary/aromatic N) is 1. The highest BCUT2D eigenvalue weighted by molar-refractivity contribution is 5.87. The Bertz CT molecular complexity index is 631. The van der Waals surface area contributed by atoms with Crippen molar-refractivity contribution in [3.63, 3.8) is 0 Å². The molecule has 1 rings (SSSR count). The molecule has 5 heteroatoms. The summed E-state index contributed by atoms with van der Waals surface area (Å²) in [5, 5.41) is 0. The summed E-state index contributed by atoms with van der Waals surface area (Å²) in [6, 6.07) is 7.61. The summed E-state index contributed by atoms with van der Waals surface area (Å²) in [7, 11) is 1.75. The first kappa shape index (κ1) is 21.7. The molecule has 1 amide bonds. The van der Waals surface area contributed by atoms with Crippen molar-refractivity contribution >= 4 is 18.1 Å². The van der Waals surface area contributed by atoms with Gasteiger partial charge in [-0.25, -0.2) is 9.59 Å². The summed E-state index contributed by atoms with van der Waals surface area (Å²) in [5.74, 6) is -0.380. The minimum atomic E-state index is -0.550. The standard InChI is InChI=1S/C21H31NO4/c1-7-11-18(22(6)20(24)26-21(3,4)5)17-13-10-9-12-16(17)14-15-19(23)25-8-2/h9-10,12-15,18H,7-8,11H2,1-6H3. The first-order valence-electron chi connectivity index (χ1n) is 9.09. The van der Waals surface area contributed by atoms with Crippen LogP contribution in [0.3, 0.4) is 0 Å². The van der Waals surface area contributed by atoms with E-state index in [4.69, 9.17) is 9.47 Å². The Labute approximate surface area is 157 Å². The maximum Gasteiger partial charge on any atom is 0.410 e.